The van der Waals surface area contributed by atoms with Crippen molar-refractivity contribution >= 4 is 11.6 Å². The summed E-state index contributed by atoms with van der Waals surface area (Å²) in [7, 11) is 0. The number of aromatic nitrogens is 2. The van der Waals surface area contributed by atoms with Crippen molar-refractivity contribution < 1.29 is 23.2 Å². The Morgan fingerprint density at radius 3 is 2.62 bits per heavy atom. The molecule has 9 heteroatoms. The average Bonchev–Trinajstić information content (AvgIpc) is 3.59. The van der Waals surface area contributed by atoms with Crippen LogP contribution >= 0.6 is 0 Å². The van der Waals surface area contributed by atoms with Crippen molar-refractivity contribution in [3.63, 3.8) is 0 Å². The van der Waals surface area contributed by atoms with Crippen LogP contribution in [0.3, 0.4) is 0 Å². The summed E-state index contributed by atoms with van der Waals surface area (Å²) in [6.07, 6.45) is 0.673. The number of nitrogens with one attached hydrogen (secondary N) is 1. The van der Waals surface area contributed by atoms with Crippen LogP contribution in [-0.2, 0) is 6.42 Å². The van der Waals surface area contributed by atoms with E-state index in [-0.39, 0.29) is 24.5 Å². The molecule has 1 unspecified atom stereocenters. The number of halogens is 1. The summed E-state index contributed by atoms with van der Waals surface area (Å²) >= 11 is 0. The minimum absolute atomic E-state index is 0.167. The lowest BCUT2D eigenvalue weighted by Gasteiger charge is -2.35. The third kappa shape index (κ3) is 4.40. The molecule has 2 aliphatic rings. The molecular formula is C28H23FN4O4. The normalized spacial score (nSPS) is 16.8. The summed E-state index contributed by atoms with van der Waals surface area (Å²) in [4.78, 5) is 19.5. The maximum atomic E-state index is 13.7. The number of hydrogen-bond donors (Lipinski definition) is 1. The Labute approximate surface area is 212 Å². The van der Waals surface area contributed by atoms with E-state index < -0.39 is 6.04 Å². The van der Waals surface area contributed by atoms with E-state index in [1.165, 1.54) is 12.1 Å². The monoisotopic (exact) mass is 498 g/mol. The third-order valence-corrected chi connectivity index (χ3v) is 6.55. The second-order valence-electron chi connectivity index (χ2n) is 8.81. The molecule has 37 heavy (non-hydrogen) atoms. The second-order valence-corrected chi connectivity index (χ2v) is 8.81. The van der Waals surface area contributed by atoms with Crippen LogP contribution in [0.4, 0.5) is 9.18 Å². The molecule has 2 amide bonds. The van der Waals surface area contributed by atoms with Crippen molar-refractivity contribution in [3.8, 4) is 22.9 Å². The third-order valence-electron chi connectivity index (χ3n) is 6.55. The summed E-state index contributed by atoms with van der Waals surface area (Å²) in [6.45, 7) is 2.49. The van der Waals surface area contributed by atoms with Crippen LogP contribution in [-0.4, -0.2) is 34.4 Å². The fraction of sp³-hybridized carbons (Fsp3) is 0.179. The Hall–Kier alpha value is -4.66. The molecule has 0 radical (unpaired) electrons. The van der Waals surface area contributed by atoms with E-state index in [9.17, 15) is 9.18 Å². The summed E-state index contributed by atoms with van der Waals surface area (Å²) in [5, 5.41) is 7.24. The van der Waals surface area contributed by atoms with Crippen molar-refractivity contribution in [2.24, 2.45) is 0 Å². The predicted octanol–water partition coefficient (Wildman–Crippen LogP) is 5.34. The van der Waals surface area contributed by atoms with E-state index in [4.69, 9.17) is 14.0 Å². The Balaban J connectivity index is 1.38. The summed E-state index contributed by atoms with van der Waals surface area (Å²) in [5.41, 5.74) is 3.87. The molecule has 3 heterocycles. The molecule has 1 N–H and O–H groups in total. The number of hydrogen-bond acceptors (Lipinski definition) is 6. The number of fused-ring (bicyclic) bond motifs is 1. The zero-order valence-electron chi connectivity index (χ0n) is 20.0. The van der Waals surface area contributed by atoms with E-state index in [2.05, 4.69) is 15.5 Å². The van der Waals surface area contributed by atoms with Gasteiger partial charge in [0.05, 0.1) is 11.6 Å². The van der Waals surface area contributed by atoms with Gasteiger partial charge in [0, 0.05) is 17.8 Å². The first-order valence-corrected chi connectivity index (χ1v) is 11.9. The molecule has 186 valence electrons. The van der Waals surface area contributed by atoms with Gasteiger partial charge in [0.2, 0.25) is 12.6 Å². The van der Waals surface area contributed by atoms with Crippen LogP contribution in [0.25, 0.3) is 17.0 Å². The molecule has 2 aliphatic heterocycles. The molecule has 0 saturated carbocycles. The topological polar surface area (TPSA) is 89.7 Å². The highest BCUT2D eigenvalue weighted by atomic mass is 19.1. The van der Waals surface area contributed by atoms with Crippen molar-refractivity contribution in [1.29, 1.82) is 0 Å². The van der Waals surface area contributed by atoms with Crippen LogP contribution in [0.15, 0.2) is 83.0 Å². The minimum Gasteiger partial charge on any atom is -0.454 e. The molecule has 3 aromatic carbocycles. The van der Waals surface area contributed by atoms with Crippen molar-refractivity contribution in [2.75, 3.05) is 13.3 Å². The number of benzene rings is 3. The summed E-state index contributed by atoms with van der Waals surface area (Å²) < 4.78 is 30.3. The Bertz CT molecular complexity index is 1480. The van der Waals surface area contributed by atoms with Gasteiger partial charge in [0.15, 0.2) is 11.5 Å². The molecule has 0 saturated heterocycles. The molecule has 6 rings (SSSR count). The van der Waals surface area contributed by atoms with Gasteiger partial charge < -0.3 is 19.3 Å². The number of urea groups is 1. The minimum atomic E-state index is -0.592. The Morgan fingerprint density at radius 2 is 1.81 bits per heavy atom. The number of carbonyl (C=O) groups is 1. The average molecular weight is 499 g/mol. The lowest BCUT2D eigenvalue weighted by atomic mass is 9.94. The van der Waals surface area contributed by atoms with Crippen molar-refractivity contribution in [3.05, 3.63) is 101 Å². The molecule has 0 fully saturated rings. The van der Waals surface area contributed by atoms with Gasteiger partial charge in [-0.3, -0.25) is 4.90 Å². The zero-order chi connectivity index (χ0) is 25.4. The van der Waals surface area contributed by atoms with E-state index >= 15 is 0 Å². The highest BCUT2D eigenvalue weighted by Gasteiger charge is 2.35. The zero-order valence-corrected chi connectivity index (χ0v) is 20.0. The molecule has 4 aromatic rings. The molecule has 0 spiro atoms. The van der Waals surface area contributed by atoms with Gasteiger partial charge >= 0.3 is 6.03 Å². The first-order valence-electron chi connectivity index (χ1n) is 11.9. The van der Waals surface area contributed by atoms with Crippen LogP contribution in [0.2, 0.25) is 0 Å². The van der Waals surface area contributed by atoms with Gasteiger partial charge in [-0.25, -0.2) is 9.18 Å². The van der Waals surface area contributed by atoms with Gasteiger partial charge in [-0.05, 0) is 54.8 Å². The number of amides is 2. The fourth-order valence-corrected chi connectivity index (χ4v) is 4.60. The number of rotatable bonds is 6. The van der Waals surface area contributed by atoms with E-state index in [0.717, 1.165) is 5.56 Å². The maximum absolute atomic E-state index is 13.7. The van der Waals surface area contributed by atoms with E-state index in [1.54, 1.807) is 29.2 Å². The fourth-order valence-electron chi connectivity index (χ4n) is 4.60. The standard InChI is InChI=1S/C28H23FN4O4/c1-17-24(27-31-26(32-37-27)20-9-12-22-23(15-20)36-16-35-22)25(19-7-10-21(29)11-8-19)30-28(34)33(17)14-13-18-5-3-2-4-6-18/h2-12,15,25H,13-14,16H2,1H3,(H,30,34). The number of allylic oxidation sites excluding steroid dienone is 1. The highest BCUT2D eigenvalue weighted by Crippen LogP contribution is 2.39. The summed E-state index contributed by atoms with van der Waals surface area (Å²) in [6, 6.07) is 20.5. The number of nitrogens with zero attached hydrogens (tertiary/aromatic N) is 3. The molecule has 0 bridgehead atoms. The number of ether oxygens (including phenoxy) is 2. The van der Waals surface area contributed by atoms with Gasteiger partial charge in [-0.1, -0.05) is 47.6 Å². The lowest BCUT2D eigenvalue weighted by Crippen LogP contribution is -2.46. The maximum Gasteiger partial charge on any atom is 0.322 e. The van der Waals surface area contributed by atoms with Gasteiger partial charge in [-0.15, -0.1) is 0 Å². The molecule has 0 aliphatic carbocycles. The van der Waals surface area contributed by atoms with Crippen molar-refractivity contribution in [1.82, 2.24) is 20.4 Å². The quantitative estimate of drug-likeness (QED) is 0.386. The van der Waals surface area contributed by atoms with Crippen molar-refractivity contribution in [2.45, 2.75) is 19.4 Å². The molecular weight excluding hydrogens is 475 g/mol. The van der Waals surface area contributed by atoms with Crippen LogP contribution in [0.5, 0.6) is 11.5 Å². The van der Waals surface area contributed by atoms with E-state index in [0.29, 0.717) is 52.7 Å². The number of carbonyl (C=O) groups excluding carboxylic acids is 1. The Morgan fingerprint density at radius 1 is 1.03 bits per heavy atom. The SMILES string of the molecule is CC1=C(c2nc(-c3ccc4c(c3)OCO4)no2)C(c2ccc(F)cc2)NC(=O)N1CCc1ccccc1. The molecule has 8 nitrogen and oxygen atoms in total. The second kappa shape index (κ2) is 9.42. The largest absolute Gasteiger partial charge is 0.454 e. The van der Waals surface area contributed by atoms with Crippen LogP contribution in [0, 0.1) is 5.82 Å². The van der Waals surface area contributed by atoms with Gasteiger partial charge in [0.1, 0.15) is 5.82 Å². The highest BCUT2D eigenvalue weighted by molar-refractivity contribution is 5.87. The smallest absolute Gasteiger partial charge is 0.322 e. The molecule has 1 aromatic heterocycles. The summed E-state index contributed by atoms with van der Waals surface area (Å²) in [5.74, 6) is 1.55. The predicted molar refractivity (Wildman–Crippen MR) is 133 cm³/mol. The Kier molecular flexibility index (Phi) is 5.80. The van der Waals surface area contributed by atoms with Crippen LogP contribution < -0.4 is 14.8 Å². The van der Waals surface area contributed by atoms with E-state index in [1.807, 2.05) is 43.3 Å². The first kappa shape index (κ1) is 22.8. The molecule has 1 atom stereocenters. The van der Waals surface area contributed by atoms with Gasteiger partial charge in [0.25, 0.3) is 5.89 Å². The lowest BCUT2D eigenvalue weighted by molar-refractivity contribution is 0.174. The van der Waals surface area contributed by atoms with Gasteiger partial charge in [-0.2, -0.15) is 4.98 Å². The van der Waals surface area contributed by atoms with Crippen LogP contribution in [0.1, 0.15) is 30.0 Å². The first-order chi connectivity index (χ1) is 18.1.